The molecule has 40 heavy (non-hydrogen) atoms. The van der Waals surface area contributed by atoms with Gasteiger partial charge in [0.1, 0.15) is 11.4 Å². The molecule has 4 aromatic carbocycles. The first-order valence-corrected chi connectivity index (χ1v) is 14.5. The first-order chi connectivity index (χ1) is 18.5. The molecule has 0 aliphatic heterocycles. The molecule has 4 heteroatoms. The van der Waals surface area contributed by atoms with Gasteiger partial charge < -0.3 is 9.84 Å². The lowest BCUT2D eigenvalue weighted by molar-refractivity contribution is -0.132. The molecule has 0 unspecified atom stereocenters. The summed E-state index contributed by atoms with van der Waals surface area (Å²) < 4.78 is 6.87. The maximum atomic E-state index is 12.1. The van der Waals surface area contributed by atoms with E-state index in [1.165, 1.54) is 18.1 Å². The molecular weight excluding hydrogens is 560 g/mol. The number of aliphatic hydroxyl groups is 1. The first kappa shape index (κ1) is 29.8. The normalized spacial score (nSPS) is 12.4. The Morgan fingerprint density at radius 2 is 1.35 bits per heavy atom. The molecule has 0 bridgehead atoms. The molecule has 0 spiro atoms. The van der Waals surface area contributed by atoms with Gasteiger partial charge in [-0.15, -0.1) is 0 Å². The second-order valence-electron chi connectivity index (χ2n) is 13.2. The summed E-state index contributed by atoms with van der Waals surface area (Å²) in [4.78, 5) is 12.1. The average Bonchev–Trinajstić information content (AvgIpc) is 2.82. The molecule has 0 amide bonds. The maximum absolute atomic E-state index is 12.1. The molecule has 0 fully saturated rings. The highest BCUT2D eigenvalue weighted by Crippen LogP contribution is 2.42. The van der Waals surface area contributed by atoms with E-state index in [1.54, 1.807) is 13.8 Å². The van der Waals surface area contributed by atoms with Crippen molar-refractivity contribution in [1.82, 2.24) is 0 Å². The number of benzene rings is 4. The predicted octanol–water partition coefficient (Wildman–Crippen LogP) is 8.99. The van der Waals surface area contributed by atoms with Gasteiger partial charge in [0.15, 0.2) is 0 Å². The van der Waals surface area contributed by atoms with Gasteiger partial charge in [-0.1, -0.05) is 102 Å². The van der Waals surface area contributed by atoms with Crippen molar-refractivity contribution in [2.24, 2.45) is 0 Å². The summed E-state index contributed by atoms with van der Waals surface area (Å²) in [6.45, 7) is 17.8. The van der Waals surface area contributed by atoms with Crippen LogP contribution in [0.2, 0.25) is 0 Å². The average molecular weight is 600 g/mol. The molecule has 0 atom stereocenters. The number of carbonyl (C=O) groups excluding carboxylic acids is 1. The van der Waals surface area contributed by atoms with Crippen molar-refractivity contribution in [1.29, 1.82) is 0 Å². The van der Waals surface area contributed by atoms with E-state index in [9.17, 15) is 9.90 Å². The van der Waals surface area contributed by atoms with Gasteiger partial charge in [0.05, 0.1) is 0 Å². The Morgan fingerprint density at radius 3 is 1.88 bits per heavy atom. The second-order valence-corrected chi connectivity index (χ2v) is 14.0. The van der Waals surface area contributed by atoms with Crippen LogP contribution in [-0.4, -0.2) is 16.7 Å². The Labute approximate surface area is 247 Å². The molecule has 0 saturated carbocycles. The zero-order valence-electron chi connectivity index (χ0n) is 25.0. The number of halogens is 1. The van der Waals surface area contributed by atoms with Crippen molar-refractivity contribution in [3.05, 3.63) is 86.9 Å². The largest absolute Gasteiger partial charge is 0.426 e. The van der Waals surface area contributed by atoms with E-state index in [4.69, 9.17) is 4.74 Å². The van der Waals surface area contributed by atoms with Gasteiger partial charge in [0, 0.05) is 28.1 Å². The van der Waals surface area contributed by atoms with Crippen molar-refractivity contribution in [2.75, 3.05) is 0 Å². The van der Waals surface area contributed by atoms with Crippen LogP contribution in [0.4, 0.5) is 0 Å². The highest BCUT2D eigenvalue weighted by atomic mass is 79.9. The Kier molecular flexibility index (Phi) is 7.98. The monoisotopic (exact) mass is 598 g/mol. The fourth-order valence-electron chi connectivity index (χ4n) is 5.03. The van der Waals surface area contributed by atoms with E-state index in [0.29, 0.717) is 5.75 Å². The molecule has 208 valence electrons. The van der Waals surface area contributed by atoms with Crippen LogP contribution in [0.3, 0.4) is 0 Å². The zero-order valence-corrected chi connectivity index (χ0v) is 26.6. The number of fused-ring (bicyclic) bond motifs is 2. The fraction of sp³-hybridized carbons (Fsp3) is 0.361. The molecule has 0 aliphatic carbocycles. The van der Waals surface area contributed by atoms with Crippen LogP contribution in [0.5, 0.6) is 5.75 Å². The summed E-state index contributed by atoms with van der Waals surface area (Å²) in [5, 5.41) is 14.6. The quantitative estimate of drug-likeness (QED) is 0.111. The predicted molar refractivity (Wildman–Crippen MR) is 170 cm³/mol. The van der Waals surface area contributed by atoms with E-state index in [-0.39, 0.29) is 16.8 Å². The summed E-state index contributed by atoms with van der Waals surface area (Å²) in [7, 11) is 0. The molecule has 4 rings (SSSR count). The van der Waals surface area contributed by atoms with E-state index >= 15 is 0 Å². The van der Waals surface area contributed by atoms with Crippen LogP contribution < -0.4 is 4.74 Å². The van der Waals surface area contributed by atoms with Crippen molar-refractivity contribution in [2.45, 2.75) is 85.2 Å². The Hall–Kier alpha value is -3.13. The van der Waals surface area contributed by atoms with E-state index in [2.05, 4.69) is 112 Å². The molecule has 0 aromatic heterocycles. The minimum Gasteiger partial charge on any atom is -0.426 e. The van der Waals surface area contributed by atoms with Crippen molar-refractivity contribution in [3.8, 4) is 17.6 Å². The summed E-state index contributed by atoms with van der Waals surface area (Å²) in [5.74, 6) is 6.66. The van der Waals surface area contributed by atoms with Crippen LogP contribution in [0.25, 0.3) is 21.5 Å². The molecule has 3 nitrogen and oxygen atoms in total. The molecule has 1 N–H and O–H groups in total. The number of hydrogen-bond acceptors (Lipinski definition) is 3. The van der Waals surface area contributed by atoms with Crippen LogP contribution in [0.1, 0.15) is 90.1 Å². The first-order valence-electron chi connectivity index (χ1n) is 13.7. The third-order valence-electron chi connectivity index (χ3n) is 6.93. The maximum Gasteiger partial charge on any atom is 0.308 e. The molecule has 0 radical (unpaired) electrons. The third kappa shape index (κ3) is 6.43. The van der Waals surface area contributed by atoms with Crippen molar-refractivity contribution >= 4 is 43.4 Å². The van der Waals surface area contributed by atoms with Crippen LogP contribution in [0, 0.1) is 11.8 Å². The number of esters is 1. The standard InChI is InChI=1S/C36H39BrO3/c1-22(38)40-33-30(34(2,3)4)20-24(21-31(33)35(5,6)7)18-23-14-15-26-27(16-17-36(8,9)39)25-12-10-11-13-28(25)32(37)29(26)19-23/h10-15,19-21,39H,18H2,1-9H3. The van der Waals surface area contributed by atoms with Crippen LogP contribution >= 0.6 is 15.9 Å². The fourth-order valence-corrected chi connectivity index (χ4v) is 5.70. The van der Waals surface area contributed by atoms with Crippen LogP contribution in [0.15, 0.2) is 59.1 Å². The highest BCUT2D eigenvalue weighted by Gasteiger charge is 2.29. The lowest BCUT2D eigenvalue weighted by Crippen LogP contribution is -2.21. The summed E-state index contributed by atoms with van der Waals surface area (Å²) in [6.07, 6.45) is 0.729. The zero-order chi connectivity index (χ0) is 29.6. The lowest BCUT2D eigenvalue weighted by Gasteiger charge is -2.30. The third-order valence-corrected chi connectivity index (χ3v) is 7.79. The molecule has 0 aliphatic rings. The minimum atomic E-state index is -1.09. The smallest absolute Gasteiger partial charge is 0.308 e. The molecule has 4 aromatic rings. The van der Waals surface area contributed by atoms with Crippen molar-refractivity contribution in [3.63, 3.8) is 0 Å². The Morgan fingerprint density at radius 1 is 0.800 bits per heavy atom. The number of ether oxygens (including phenoxy) is 1. The number of rotatable bonds is 3. The van der Waals surface area contributed by atoms with E-state index < -0.39 is 5.60 Å². The molecular formula is C36H39BrO3. The number of carbonyl (C=O) groups is 1. The van der Waals surface area contributed by atoms with Crippen LogP contribution in [-0.2, 0) is 22.0 Å². The lowest BCUT2D eigenvalue weighted by atomic mass is 9.77. The summed E-state index contributed by atoms with van der Waals surface area (Å²) in [5.41, 5.74) is 3.81. The van der Waals surface area contributed by atoms with Gasteiger partial charge >= 0.3 is 5.97 Å². The summed E-state index contributed by atoms with van der Waals surface area (Å²) in [6, 6.07) is 19.1. The Balaban J connectivity index is 1.92. The summed E-state index contributed by atoms with van der Waals surface area (Å²) >= 11 is 3.89. The van der Waals surface area contributed by atoms with Crippen molar-refractivity contribution < 1.29 is 14.6 Å². The molecule has 0 saturated heterocycles. The van der Waals surface area contributed by atoms with Gasteiger partial charge in [-0.2, -0.15) is 0 Å². The number of hydrogen-bond donors (Lipinski definition) is 1. The Bertz CT molecular complexity index is 1640. The van der Waals surface area contributed by atoms with Gasteiger partial charge in [-0.3, -0.25) is 4.79 Å². The minimum absolute atomic E-state index is 0.208. The van der Waals surface area contributed by atoms with E-state index in [0.717, 1.165) is 49.1 Å². The SMILES string of the molecule is CC(=O)Oc1c(C(C)(C)C)cc(Cc2ccc3c(C#CC(C)(C)O)c4ccccc4c(Br)c3c2)cc1C(C)(C)C. The van der Waals surface area contributed by atoms with Gasteiger partial charge in [0.2, 0.25) is 0 Å². The van der Waals surface area contributed by atoms with Gasteiger partial charge in [0.25, 0.3) is 0 Å². The highest BCUT2D eigenvalue weighted by molar-refractivity contribution is 9.10. The molecule has 0 heterocycles. The van der Waals surface area contributed by atoms with E-state index in [1.807, 2.05) is 12.1 Å². The van der Waals surface area contributed by atoms with Gasteiger partial charge in [-0.05, 0) is 85.8 Å². The van der Waals surface area contributed by atoms with Gasteiger partial charge in [-0.25, -0.2) is 0 Å². The topological polar surface area (TPSA) is 46.5 Å². The second kappa shape index (κ2) is 10.7.